The molecule has 1 aliphatic rings. The zero-order valence-electron chi connectivity index (χ0n) is 10.8. The summed E-state index contributed by atoms with van der Waals surface area (Å²) in [5, 5.41) is 3.07. The second-order valence-corrected chi connectivity index (χ2v) is 5.25. The minimum absolute atomic E-state index is 0.0220. The molecule has 1 saturated carbocycles. The van der Waals surface area contributed by atoms with Gasteiger partial charge in [0.25, 0.3) is 0 Å². The van der Waals surface area contributed by atoms with Crippen molar-refractivity contribution < 1.29 is 4.79 Å². The van der Waals surface area contributed by atoms with Crippen molar-refractivity contribution >= 4 is 5.91 Å². The van der Waals surface area contributed by atoms with Gasteiger partial charge in [0.15, 0.2) is 0 Å². The highest BCUT2D eigenvalue weighted by atomic mass is 16.2. The Labute approximate surface area is 99.2 Å². The molecular formula is C13H26N2O. The van der Waals surface area contributed by atoms with Gasteiger partial charge in [-0.25, -0.2) is 0 Å². The molecule has 16 heavy (non-hydrogen) atoms. The quantitative estimate of drug-likeness (QED) is 0.754. The van der Waals surface area contributed by atoms with E-state index in [4.69, 9.17) is 5.73 Å². The monoisotopic (exact) mass is 226 g/mol. The number of nitrogens with two attached hydrogens (primary N) is 1. The number of carbonyl (C=O) groups excluding carboxylic acids is 1. The highest BCUT2D eigenvalue weighted by molar-refractivity contribution is 5.82. The van der Waals surface area contributed by atoms with Gasteiger partial charge in [-0.05, 0) is 31.6 Å². The first-order chi connectivity index (χ1) is 7.56. The van der Waals surface area contributed by atoms with Crippen molar-refractivity contribution in [3.63, 3.8) is 0 Å². The number of nitrogens with one attached hydrogen (secondary N) is 1. The van der Waals surface area contributed by atoms with Crippen LogP contribution in [0.4, 0.5) is 0 Å². The van der Waals surface area contributed by atoms with Gasteiger partial charge in [-0.1, -0.05) is 33.1 Å². The second-order valence-electron chi connectivity index (χ2n) is 5.25. The molecule has 0 saturated heterocycles. The number of rotatable bonds is 5. The van der Waals surface area contributed by atoms with Crippen LogP contribution in [-0.2, 0) is 4.79 Å². The topological polar surface area (TPSA) is 55.1 Å². The lowest BCUT2D eigenvalue weighted by Gasteiger charge is -2.24. The molecule has 1 rings (SSSR count). The van der Waals surface area contributed by atoms with Crippen molar-refractivity contribution in [2.75, 3.05) is 0 Å². The molecule has 0 aromatic carbocycles. The second kappa shape index (κ2) is 6.24. The summed E-state index contributed by atoms with van der Waals surface area (Å²) in [6, 6.07) is -0.0704. The molecule has 0 bridgehead atoms. The smallest absolute Gasteiger partial charge is 0.237 e. The van der Waals surface area contributed by atoms with Crippen LogP contribution in [0.1, 0.15) is 52.9 Å². The molecule has 1 aliphatic carbocycles. The standard InChI is InChI=1S/C13H26N2O/c1-4-9(2)12(14)13(16)15-10(3)11-7-5-6-8-11/h9-12H,4-8,14H2,1-3H3,(H,15,16)/t9?,10-,12?/m1/s1. The molecule has 0 heterocycles. The molecule has 1 amide bonds. The number of hydrogen-bond donors (Lipinski definition) is 2. The molecular weight excluding hydrogens is 200 g/mol. The molecule has 3 heteroatoms. The van der Waals surface area contributed by atoms with Crippen LogP contribution < -0.4 is 11.1 Å². The van der Waals surface area contributed by atoms with Crippen molar-refractivity contribution in [3.8, 4) is 0 Å². The fourth-order valence-electron chi connectivity index (χ4n) is 2.41. The molecule has 0 aromatic heterocycles. The Balaban J connectivity index is 2.37. The van der Waals surface area contributed by atoms with Crippen LogP contribution in [0.5, 0.6) is 0 Å². The van der Waals surface area contributed by atoms with Crippen molar-refractivity contribution in [2.24, 2.45) is 17.6 Å². The van der Waals surface area contributed by atoms with Crippen LogP contribution in [0.3, 0.4) is 0 Å². The Bertz CT molecular complexity index is 224. The third kappa shape index (κ3) is 3.48. The average Bonchev–Trinajstić information content (AvgIpc) is 2.80. The first-order valence-corrected chi connectivity index (χ1v) is 6.62. The van der Waals surface area contributed by atoms with E-state index in [2.05, 4.69) is 19.2 Å². The maximum atomic E-state index is 11.9. The van der Waals surface area contributed by atoms with Crippen LogP contribution in [0.2, 0.25) is 0 Å². The molecule has 3 nitrogen and oxygen atoms in total. The van der Waals surface area contributed by atoms with Gasteiger partial charge in [0, 0.05) is 6.04 Å². The lowest BCUT2D eigenvalue weighted by Crippen LogP contribution is -2.49. The van der Waals surface area contributed by atoms with Gasteiger partial charge in [0.2, 0.25) is 5.91 Å². The van der Waals surface area contributed by atoms with Crippen molar-refractivity contribution in [1.82, 2.24) is 5.32 Å². The summed E-state index contributed by atoms with van der Waals surface area (Å²) in [6.07, 6.45) is 6.07. The van der Waals surface area contributed by atoms with Gasteiger partial charge in [-0.3, -0.25) is 4.79 Å². The zero-order chi connectivity index (χ0) is 12.1. The molecule has 3 atom stereocenters. The van der Waals surface area contributed by atoms with E-state index in [0.717, 1.165) is 6.42 Å². The third-order valence-electron chi connectivity index (χ3n) is 4.04. The molecule has 0 spiro atoms. The Hall–Kier alpha value is -0.570. The summed E-state index contributed by atoms with van der Waals surface area (Å²) >= 11 is 0. The van der Waals surface area contributed by atoms with E-state index >= 15 is 0 Å². The summed E-state index contributed by atoms with van der Waals surface area (Å²) in [4.78, 5) is 11.9. The van der Waals surface area contributed by atoms with Gasteiger partial charge < -0.3 is 11.1 Å². The van der Waals surface area contributed by atoms with E-state index in [1.165, 1.54) is 25.7 Å². The first-order valence-electron chi connectivity index (χ1n) is 6.62. The molecule has 94 valence electrons. The molecule has 3 N–H and O–H groups in total. The minimum Gasteiger partial charge on any atom is -0.352 e. The molecule has 0 aromatic rings. The highest BCUT2D eigenvalue weighted by Gasteiger charge is 2.26. The molecule has 0 radical (unpaired) electrons. The van der Waals surface area contributed by atoms with E-state index < -0.39 is 0 Å². The van der Waals surface area contributed by atoms with Crippen molar-refractivity contribution in [2.45, 2.75) is 65.0 Å². The number of hydrogen-bond acceptors (Lipinski definition) is 2. The van der Waals surface area contributed by atoms with Crippen LogP contribution in [-0.4, -0.2) is 18.0 Å². The maximum Gasteiger partial charge on any atom is 0.237 e. The Morgan fingerprint density at radius 3 is 2.44 bits per heavy atom. The minimum atomic E-state index is -0.353. The van der Waals surface area contributed by atoms with Crippen molar-refractivity contribution in [3.05, 3.63) is 0 Å². The summed E-state index contributed by atoms with van der Waals surface area (Å²) in [6.45, 7) is 6.21. The SMILES string of the molecule is CCC(C)C(N)C(=O)N[C@H](C)C1CCCC1. The maximum absolute atomic E-state index is 11.9. The fraction of sp³-hybridized carbons (Fsp3) is 0.923. The van der Waals surface area contributed by atoms with E-state index in [0.29, 0.717) is 5.92 Å². The van der Waals surface area contributed by atoms with E-state index in [1.807, 2.05) is 6.92 Å². The lowest BCUT2D eigenvalue weighted by molar-refractivity contribution is -0.124. The first kappa shape index (κ1) is 13.5. The van der Waals surface area contributed by atoms with E-state index in [9.17, 15) is 4.79 Å². The van der Waals surface area contributed by atoms with Gasteiger partial charge in [0.05, 0.1) is 6.04 Å². The van der Waals surface area contributed by atoms with Gasteiger partial charge in [-0.2, -0.15) is 0 Å². The lowest BCUT2D eigenvalue weighted by atomic mass is 9.96. The van der Waals surface area contributed by atoms with E-state index in [-0.39, 0.29) is 23.9 Å². The summed E-state index contributed by atoms with van der Waals surface area (Å²) in [5.74, 6) is 0.942. The fourth-order valence-corrected chi connectivity index (χ4v) is 2.41. The Morgan fingerprint density at radius 1 is 1.38 bits per heavy atom. The zero-order valence-corrected chi connectivity index (χ0v) is 10.8. The molecule has 1 fully saturated rings. The summed E-state index contributed by atoms with van der Waals surface area (Å²) in [5.41, 5.74) is 5.91. The normalized spacial score (nSPS) is 22.8. The third-order valence-corrected chi connectivity index (χ3v) is 4.04. The highest BCUT2D eigenvalue weighted by Crippen LogP contribution is 2.27. The summed E-state index contributed by atoms with van der Waals surface area (Å²) < 4.78 is 0. The largest absolute Gasteiger partial charge is 0.352 e. The molecule has 2 unspecified atom stereocenters. The van der Waals surface area contributed by atoms with Crippen LogP contribution in [0, 0.1) is 11.8 Å². The van der Waals surface area contributed by atoms with Gasteiger partial charge in [0.1, 0.15) is 0 Å². The van der Waals surface area contributed by atoms with Crippen LogP contribution in [0.15, 0.2) is 0 Å². The molecule has 0 aliphatic heterocycles. The number of amides is 1. The van der Waals surface area contributed by atoms with Gasteiger partial charge >= 0.3 is 0 Å². The van der Waals surface area contributed by atoms with Gasteiger partial charge in [-0.15, -0.1) is 0 Å². The average molecular weight is 226 g/mol. The summed E-state index contributed by atoms with van der Waals surface area (Å²) in [7, 11) is 0. The Morgan fingerprint density at radius 2 is 1.94 bits per heavy atom. The van der Waals surface area contributed by atoms with Crippen LogP contribution >= 0.6 is 0 Å². The number of carbonyl (C=O) groups is 1. The predicted molar refractivity (Wildman–Crippen MR) is 67.0 cm³/mol. The van der Waals surface area contributed by atoms with Crippen molar-refractivity contribution in [1.29, 1.82) is 0 Å². The predicted octanol–water partition coefficient (Wildman–Crippen LogP) is 2.05. The Kier molecular flexibility index (Phi) is 5.26. The van der Waals surface area contributed by atoms with E-state index in [1.54, 1.807) is 0 Å². The van der Waals surface area contributed by atoms with Crippen LogP contribution in [0.25, 0.3) is 0 Å².